The number of hydrogen-bond acceptors (Lipinski definition) is 2. The van der Waals surface area contributed by atoms with E-state index in [9.17, 15) is 0 Å². The summed E-state index contributed by atoms with van der Waals surface area (Å²) in [5, 5.41) is 0. The van der Waals surface area contributed by atoms with Crippen molar-refractivity contribution in [1.82, 2.24) is 4.90 Å². The molecule has 0 aromatic carbocycles. The summed E-state index contributed by atoms with van der Waals surface area (Å²) < 4.78 is 5.58. The van der Waals surface area contributed by atoms with Crippen molar-refractivity contribution < 1.29 is 4.74 Å². The smallest absolute Gasteiger partial charge is 0.0678 e. The summed E-state index contributed by atoms with van der Waals surface area (Å²) in [7, 11) is 0. The molecule has 1 rings (SSSR count). The number of morpholine rings is 1. The predicted octanol–water partition coefficient (Wildman–Crippen LogP) is 1.12. The lowest BCUT2D eigenvalue weighted by atomic mass is 10.2. The Hall–Kier alpha value is -0.0800. The van der Waals surface area contributed by atoms with Crippen LogP contribution in [0.2, 0.25) is 0 Å². The van der Waals surface area contributed by atoms with E-state index >= 15 is 0 Å². The molecule has 0 spiro atoms. The molecule has 0 N–H and O–H groups in total. The molecule has 0 bridgehead atoms. The molecule has 1 aliphatic heterocycles. The van der Waals surface area contributed by atoms with Crippen LogP contribution in [0.15, 0.2) is 0 Å². The minimum absolute atomic E-state index is 0.420. The van der Waals surface area contributed by atoms with Gasteiger partial charge in [-0.05, 0) is 20.4 Å². The van der Waals surface area contributed by atoms with Gasteiger partial charge in [0.25, 0.3) is 0 Å². The van der Waals surface area contributed by atoms with Crippen molar-refractivity contribution >= 4 is 0 Å². The highest BCUT2D eigenvalue weighted by atomic mass is 16.5. The van der Waals surface area contributed by atoms with E-state index < -0.39 is 0 Å². The number of hydrogen-bond donors (Lipinski definition) is 0. The third-order valence-corrected chi connectivity index (χ3v) is 1.94. The molecule has 60 valence electrons. The average Bonchev–Trinajstić information content (AvgIpc) is 1.85. The van der Waals surface area contributed by atoms with Gasteiger partial charge in [-0.2, -0.15) is 0 Å². The summed E-state index contributed by atoms with van der Waals surface area (Å²) >= 11 is 0. The number of ether oxygens (including phenoxy) is 1. The van der Waals surface area contributed by atoms with E-state index in [0.717, 1.165) is 19.6 Å². The first-order valence-electron chi connectivity index (χ1n) is 4.10. The highest BCUT2D eigenvalue weighted by molar-refractivity contribution is 4.71. The molecule has 0 radical (unpaired) electrons. The number of likely N-dealkylation sites (N-methyl/N-ethyl adjacent to an activating group) is 1. The average molecular weight is 143 g/mol. The molecule has 2 atom stereocenters. The second kappa shape index (κ2) is 3.35. The highest BCUT2D eigenvalue weighted by Crippen LogP contribution is 2.09. The Morgan fingerprint density at radius 1 is 1.30 bits per heavy atom. The Morgan fingerprint density at radius 3 is 2.20 bits per heavy atom. The Kier molecular flexibility index (Phi) is 2.69. The predicted molar refractivity (Wildman–Crippen MR) is 42.1 cm³/mol. The van der Waals surface area contributed by atoms with Crippen molar-refractivity contribution in [3.05, 3.63) is 0 Å². The zero-order valence-electron chi connectivity index (χ0n) is 7.13. The first-order valence-corrected chi connectivity index (χ1v) is 4.10. The van der Waals surface area contributed by atoms with Crippen molar-refractivity contribution in [2.75, 3.05) is 19.6 Å². The van der Waals surface area contributed by atoms with Crippen LogP contribution in [0.25, 0.3) is 0 Å². The van der Waals surface area contributed by atoms with Gasteiger partial charge >= 0.3 is 0 Å². The fraction of sp³-hybridized carbons (Fsp3) is 1.00. The highest BCUT2D eigenvalue weighted by Gasteiger charge is 2.19. The molecule has 2 unspecified atom stereocenters. The first kappa shape index (κ1) is 8.02. The van der Waals surface area contributed by atoms with Gasteiger partial charge in [-0.3, -0.25) is 4.90 Å². The molecule has 0 aliphatic carbocycles. The van der Waals surface area contributed by atoms with Crippen LogP contribution in [-0.4, -0.2) is 36.7 Å². The Bertz CT molecular complexity index is 95.4. The standard InChI is InChI=1S/C8H17NO/c1-4-9-5-7(2)10-8(3)6-9/h7-8H,4-6H2,1-3H3. The van der Waals surface area contributed by atoms with Crippen LogP contribution in [0.5, 0.6) is 0 Å². The fourth-order valence-corrected chi connectivity index (χ4v) is 1.54. The zero-order chi connectivity index (χ0) is 7.56. The lowest BCUT2D eigenvalue weighted by Crippen LogP contribution is -2.45. The lowest BCUT2D eigenvalue weighted by Gasteiger charge is -2.34. The monoisotopic (exact) mass is 143 g/mol. The van der Waals surface area contributed by atoms with E-state index in [0.29, 0.717) is 12.2 Å². The van der Waals surface area contributed by atoms with Gasteiger partial charge in [0.05, 0.1) is 12.2 Å². The third kappa shape index (κ3) is 1.96. The van der Waals surface area contributed by atoms with Crippen LogP contribution < -0.4 is 0 Å². The van der Waals surface area contributed by atoms with Crippen LogP contribution in [-0.2, 0) is 4.74 Å². The quantitative estimate of drug-likeness (QED) is 0.545. The topological polar surface area (TPSA) is 12.5 Å². The second-order valence-corrected chi connectivity index (χ2v) is 3.11. The summed E-state index contributed by atoms with van der Waals surface area (Å²) in [6.45, 7) is 9.82. The zero-order valence-corrected chi connectivity index (χ0v) is 7.13. The van der Waals surface area contributed by atoms with Crippen molar-refractivity contribution in [3.8, 4) is 0 Å². The Labute approximate surface area is 63.2 Å². The van der Waals surface area contributed by atoms with E-state index in [2.05, 4.69) is 25.7 Å². The Balaban J connectivity index is 2.35. The molecule has 1 heterocycles. The van der Waals surface area contributed by atoms with Gasteiger partial charge in [-0.1, -0.05) is 6.92 Å². The van der Waals surface area contributed by atoms with Crippen molar-refractivity contribution in [3.63, 3.8) is 0 Å². The molecular weight excluding hydrogens is 126 g/mol. The normalized spacial score (nSPS) is 36.3. The van der Waals surface area contributed by atoms with Crippen molar-refractivity contribution in [2.24, 2.45) is 0 Å². The molecule has 0 amide bonds. The lowest BCUT2D eigenvalue weighted by molar-refractivity contribution is -0.0664. The fourth-order valence-electron chi connectivity index (χ4n) is 1.54. The minimum Gasteiger partial charge on any atom is -0.373 e. The van der Waals surface area contributed by atoms with E-state index in [-0.39, 0.29) is 0 Å². The van der Waals surface area contributed by atoms with Crippen molar-refractivity contribution in [2.45, 2.75) is 33.0 Å². The molecule has 2 heteroatoms. The van der Waals surface area contributed by atoms with Gasteiger partial charge in [0, 0.05) is 13.1 Å². The summed E-state index contributed by atoms with van der Waals surface area (Å²) in [4.78, 5) is 2.43. The van der Waals surface area contributed by atoms with Crippen LogP contribution in [0.1, 0.15) is 20.8 Å². The van der Waals surface area contributed by atoms with Gasteiger partial charge in [0.1, 0.15) is 0 Å². The van der Waals surface area contributed by atoms with E-state index in [1.807, 2.05) is 0 Å². The maximum absolute atomic E-state index is 5.58. The van der Waals surface area contributed by atoms with Crippen LogP contribution in [0.4, 0.5) is 0 Å². The second-order valence-electron chi connectivity index (χ2n) is 3.11. The maximum Gasteiger partial charge on any atom is 0.0678 e. The minimum atomic E-state index is 0.420. The summed E-state index contributed by atoms with van der Waals surface area (Å²) in [5.74, 6) is 0. The molecule has 0 aromatic heterocycles. The molecule has 0 saturated carbocycles. The first-order chi connectivity index (χ1) is 4.72. The van der Waals surface area contributed by atoms with Crippen LogP contribution in [0.3, 0.4) is 0 Å². The van der Waals surface area contributed by atoms with Crippen LogP contribution in [0, 0.1) is 0 Å². The SMILES string of the molecule is CCN1CC(C)OC(C)C1. The third-order valence-electron chi connectivity index (χ3n) is 1.94. The number of rotatable bonds is 1. The Morgan fingerprint density at radius 2 is 1.80 bits per heavy atom. The van der Waals surface area contributed by atoms with Gasteiger partial charge in [-0.15, -0.1) is 0 Å². The van der Waals surface area contributed by atoms with E-state index in [4.69, 9.17) is 4.74 Å². The van der Waals surface area contributed by atoms with Gasteiger partial charge < -0.3 is 4.74 Å². The molecular formula is C8H17NO. The summed E-state index contributed by atoms with van der Waals surface area (Å²) in [5.41, 5.74) is 0. The largest absolute Gasteiger partial charge is 0.373 e. The number of nitrogens with zero attached hydrogens (tertiary/aromatic N) is 1. The van der Waals surface area contributed by atoms with Crippen molar-refractivity contribution in [1.29, 1.82) is 0 Å². The summed E-state index contributed by atoms with van der Waals surface area (Å²) in [6, 6.07) is 0. The maximum atomic E-state index is 5.58. The summed E-state index contributed by atoms with van der Waals surface area (Å²) in [6.07, 6.45) is 0.840. The molecule has 10 heavy (non-hydrogen) atoms. The molecule has 0 aromatic rings. The van der Waals surface area contributed by atoms with Gasteiger partial charge in [0.15, 0.2) is 0 Å². The molecule has 1 saturated heterocycles. The van der Waals surface area contributed by atoms with Crippen LogP contribution >= 0.6 is 0 Å². The van der Waals surface area contributed by atoms with Gasteiger partial charge in [0.2, 0.25) is 0 Å². The van der Waals surface area contributed by atoms with E-state index in [1.165, 1.54) is 0 Å². The van der Waals surface area contributed by atoms with Gasteiger partial charge in [-0.25, -0.2) is 0 Å². The molecule has 2 nitrogen and oxygen atoms in total. The molecule has 1 aliphatic rings. The van der Waals surface area contributed by atoms with E-state index in [1.54, 1.807) is 0 Å². The molecule has 1 fully saturated rings.